The van der Waals surface area contributed by atoms with Gasteiger partial charge in [0.05, 0.1) is 39.5 Å². The summed E-state index contributed by atoms with van der Waals surface area (Å²) in [4.78, 5) is 14.5. The van der Waals surface area contributed by atoms with Gasteiger partial charge in [0.15, 0.2) is 0 Å². The SMILES string of the molecule is c1ccc(-c2cc(-n3c4c5ccccc5c5ccccc5c4c4c5ccccc5c5sccc5c43)cc(-c3ccccn3)n2)nc1. The number of hydrogen-bond donors (Lipinski definition) is 0. The molecule has 0 unspecified atom stereocenters. The van der Waals surface area contributed by atoms with Crippen molar-refractivity contribution in [1.29, 1.82) is 0 Å². The van der Waals surface area contributed by atoms with Gasteiger partial charge in [0.2, 0.25) is 0 Å². The Morgan fingerprint density at radius 2 is 0.935 bits per heavy atom. The van der Waals surface area contributed by atoms with Crippen LogP contribution in [0, 0.1) is 0 Å². The van der Waals surface area contributed by atoms with Gasteiger partial charge in [-0.2, -0.15) is 0 Å². The van der Waals surface area contributed by atoms with Gasteiger partial charge in [-0.05, 0) is 69.4 Å². The Balaban J connectivity index is 1.50. The predicted molar refractivity (Wildman–Crippen MR) is 193 cm³/mol. The molecule has 5 heteroatoms. The molecule has 4 nitrogen and oxygen atoms in total. The summed E-state index contributed by atoms with van der Waals surface area (Å²) >= 11 is 1.81. The second kappa shape index (κ2) is 9.80. The first-order chi connectivity index (χ1) is 22.8. The largest absolute Gasteiger partial charge is 0.308 e. The van der Waals surface area contributed by atoms with Crippen LogP contribution >= 0.6 is 11.3 Å². The number of benzene rings is 5. The highest BCUT2D eigenvalue weighted by atomic mass is 32.1. The van der Waals surface area contributed by atoms with Crippen LogP contribution in [0.15, 0.2) is 145 Å². The third kappa shape index (κ3) is 3.57. The van der Waals surface area contributed by atoms with Gasteiger partial charge in [0.25, 0.3) is 0 Å². The van der Waals surface area contributed by atoms with Crippen molar-refractivity contribution in [2.75, 3.05) is 0 Å². The molecule has 0 radical (unpaired) electrons. The van der Waals surface area contributed by atoms with Crippen molar-refractivity contribution in [2.45, 2.75) is 0 Å². The Bertz CT molecular complexity index is 2740. The van der Waals surface area contributed by atoms with E-state index in [4.69, 9.17) is 15.0 Å². The fourth-order valence-corrected chi connectivity index (χ4v) is 8.20. The minimum Gasteiger partial charge on any atom is -0.308 e. The second-order valence-electron chi connectivity index (χ2n) is 11.6. The van der Waals surface area contributed by atoms with Gasteiger partial charge in [-0.3, -0.25) is 9.97 Å². The summed E-state index contributed by atoms with van der Waals surface area (Å²) in [6.07, 6.45) is 3.65. The smallest absolute Gasteiger partial charge is 0.0915 e. The zero-order valence-corrected chi connectivity index (χ0v) is 25.4. The zero-order chi connectivity index (χ0) is 30.2. The minimum atomic E-state index is 0.807. The summed E-state index contributed by atoms with van der Waals surface area (Å²) in [6.45, 7) is 0. The van der Waals surface area contributed by atoms with Crippen molar-refractivity contribution < 1.29 is 0 Å². The van der Waals surface area contributed by atoms with Crippen molar-refractivity contribution in [3.63, 3.8) is 0 Å². The topological polar surface area (TPSA) is 43.6 Å². The van der Waals surface area contributed by atoms with Crippen molar-refractivity contribution in [2.24, 2.45) is 0 Å². The molecule has 0 fully saturated rings. The van der Waals surface area contributed by atoms with Gasteiger partial charge >= 0.3 is 0 Å². The van der Waals surface area contributed by atoms with Crippen LogP contribution in [0.3, 0.4) is 0 Å². The molecule has 0 N–H and O–H groups in total. The van der Waals surface area contributed by atoms with Crippen LogP contribution in [0.2, 0.25) is 0 Å². The first kappa shape index (κ1) is 25.4. The molecule has 5 aromatic carbocycles. The molecule has 0 aliphatic rings. The van der Waals surface area contributed by atoms with Crippen molar-refractivity contribution in [3.8, 4) is 28.5 Å². The minimum absolute atomic E-state index is 0.807. The molecule has 0 spiro atoms. The van der Waals surface area contributed by atoms with Gasteiger partial charge in [0, 0.05) is 44.0 Å². The third-order valence-corrected chi connectivity index (χ3v) is 10.1. The summed E-state index contributed by atoms with van der Waals surface area (Å²) in [7, 11) is 0. The molecule has 0 saturated carbocycles. The second-order valence-corrected chi connectivity index (χ2v) is 12.5. The van der Waals surface area contributed by atoms with Crippen LogP contribution in [-0.2, 0) is 0 Å². The molecule has 5 aromatic heterocycles. The maximum Gasteiger partial charge on any atom is 0.0915 e. The van der Waals surface area contributed by atoms with Gasteiger partial charge < -0.3 is 4.57 Å². The van der Waals surface area contributed by atoms with Crippen LogP contribution in [0.1, 0.15) is 0 Å². The molecule has 0 bridgehead atoms. The molecular weight excluding hydrogens is 581 g/mol. The number of thiophene rings is 1. The highest BCUT2D eigenvalue weighted by Gasteiger charge is 2.24. The molecule has 46 heavy (non-hydrogen) atoms. The van der Waals surface area contributed by atoms with E-state index in [0.29, 0.717) is 0 Å². The van der Waals surface area contributed by atoms with Crippen LogP contribution in [0.4, 0.5) is 0 Å². The Labute approximate surface area is 267 Å². The highest BCUT2D eigenvalue weighted by molar-refractivity contribution is 7.18. The molecule has 0 aliphatic heterocycles. The number of pyridine rings is 3. The molecule has 0 amide bonds. The van der Waals surface area contributed by atoms with Crippen LogP contribution in [-0.4, -0.2) is 19.5 Å². The average Bonchev–Trinajstić information content (AvgIpc) is 3.77. The fraction of sp³-hybridized carbons (Fsp3) is 0. The van der Waals surface area contributed by atoms with E-state index in [9.17, 15) is 0 Å². The summed E-state index contributed by atoms with van der Waals surface area (Å²) in [6, 6.07) is 45.2. The van der Waals surface area contributed by atoms with Gasteiger partial charge in [0.1, 0.15) is 0 Å². The Hall–Kier alpha value is -5.91. The van der Waals surface area contributed by atoms with E-state index in [1.54, 1.807) is 0 Å². The standard InChI is InChI=1S/C41H24N4S/c1-3-13-28-26(11-1)27-12-2-5-15-30(27)39-37(28)38-29-14-4-6-16-31(29)41-32(19-22-46-41)40(38)45(39)25-23-35(33-17-7-9-20-42-33)44-36(24-25)34-18-8-10-21-43-34/h1-24H. The fourth-order valence-electron chi connectivity index (χ4n) is 7.27. The number of fused-ring (bicyclic) bond motifs is 13. The van der Waals surface area contributed by atoms with Crippen LogP contribution < -0.4 is 0 Å². The number of aromatic nitrogens is 4. The van der Waals surface area contributed by atoms with Crippen LogP contribution in [0.25, 0.3) is 92.7 Å². The lowest BCUT2D eigenvalue weighted by Crippen LogP contribution is -2.00. The Morgan fingerprint density at radius 1 is 0.435 bits per heavy atom. The maximum absolute atomic E-state index is 5.12. The lowest BCUT2D eigenvalue weighted by molar-refractivity contribution is 1.15. The monoisotopic (exact) mass is 604 g/mol. The number of nitrogens with zero attached hydrogens (tertiary/aromatic N) is 4. The van der Waals surface area contributed by atoms with E-state index in [0.717, 1.165) is 28.5 Å². The molecule has 0 atom stereocenters. The molecule has 0 saturated heterocycles. The molecular formula is C41H24N4S. The first-order valence-electron chi connectivity index (χ1n) is 15.4. The summed E-state index contributed by atoms with van der Waals surface area (Å²) in [5.74, 6) is 0. The lowest BCUT2D eigenvalue weighted by atomic mass is 9.94. The lowest BCUT2D eigenvalue weighted by Gasteiger charge is -2.15. The van der Waals surface area contributed by atoms with Crippen molar-refractivity contribution in [1.82, 2.24) is 19.5 Å². The third-order valence-electron chi connectivity index (χ3n) is 9.12. The molecule has 10 rings (SSSR count). The summed E-state index contributed by atoms with van der Waals surface area (Å²) in [5.41, 5.74) is 6.68. The first-order valence-corrected chi connectivity index (χ1v) is 16.2. The Morgan fingerprint density at radius 3 is 1.54 bits per heavy atom. The van der Waals surface area contributed by atoms with Gasteiger partial charge in [-0.25, -0.2) is 4.98 Å². The molecule has 10 aromatic rings. The van der Waals surface area contributed by atoms with Crippen LogP contribution in [0.5, 0.6) is 0 Å². The predicted octanol–water partition coefficient (Wildman–Crippen LogP) is 11.0. The quantitative estimate of drug-likeness (QED) is 0.188. The van der Waals surface area contributed by atoms with E-state index in [1.165, 1.54) is 64.2 Å². The average molecular weight is 605 g/mol. The zero-order valence-electron chi connectivity index (χ0n) is 24.6. The number of hydrogen-bond acceptors (Lipinski definition) is 4. The number of rotatable bonds is 3. The summed E-state index contributed by atoms with van der Waals surface area (Å²) < 4.78 is 3.78. The Kier molecular flexibility index (Phi) is 5.41. The van der Waals surface area contributed by atoms with E-state index in [-0.39, 0.29) is 0 Å². The van der Waals surface area contributed by atoms with Gasteiger partial charge in [-0.1, -0.05) is 84.9 Å². The molecule has 214 valence electrons. The summed E-state index contributed by atoms with van der Waals surface area (Å²) in [5, 5.41) is 13.5. The highest BCUT2D eigenvalue weighted by Crippen LogP contribution is 2.48. The van der Waals surface area contributed by atoms with E-state index >= 15 is 0 Å². The van der Waals surface area contributed by atoms with Gasteiger partial charge in [-0.15, -0.1) is 11.3 Å². The molecule has 0 aliphatic carbocycles. The van der Waals surface area contributed by atoms with Crippen molar-refractivity contribution >= 4 is 75.5 Å². The molecule has 5 heterocycles. The van der Waals surface area contributed by atoms with E-state index in [1.807, 2.05) is 60.1 Å². The van der Waals surface area contributed by atoms with E-state index in [2.05, 4.69) is 101 Å². The van der Waals surface area contributed by atoms with Crippen molar-refractivity contribution in [3.05, 3.63) is 145 Å². The normalized spacial score (nSPS) is 11.9. The maximum atomic E-state index is 5.12. The van der Waals surface area contributed by atoms with E-state index < -0.39 is 0 Å².